The first-order valence-electron chi connectivity index (χ1n) is 9.31. The van der Waals surface area contributed by atoms with Crippen LogP contribution in [0.3, 0.4) is 0 Å². The number of pyridine rings is 1. The molecule has 1 aliphatic carbocycles. The highest BCUT2D eigenvalue weighted by Gasteiger charge is 2.24. The number of amides is 1. The summed E-state index contributed by atoms with van der Waals surface area (Å²) in [6.45, 7) is 4.54. The molecule has 0 bridgehead atoms. The Bertz CT molecular complexity index is 952. The zero-order valence-corrected chi connectivity index (χ0v) is 16.6. The van der Waals surface area contributed by atoms with Crippen molar-refractivity contribution in [3.8, 4) is 6.07 Å². The second-order valence-corrected chi connectivity index (χ2v) is 8.19. The number of carbonyl (C=O) groups is 1. The Balaban J connectivity index is 1.88. The Labute approximate surface area is 163 Å². The van der Waals surface area contributed by atoms with Gasteiger partial charge in [-0.2, -0.15) is 5.26 Å². The number of nitrogens with one attached hydrogen (secondary N) is 1. The summed E-state index contributed by atoms with van der Waals surface area (Å²) in [5, 5.41) is 13.1. The molecule has 3 rings (SSSR count). The summed E-state index contributed by atoms with van der Waals surface area (Å²) in [6.07, 6.45) is 7.91. The summed E-state index contributed by atoms with van der Waals surface area (Å²) >= 11 is 1.23. The Morgan fingerprint density at radius 1 is 1.41 bits per heavy atom. The van der Waals surface area contributed by atoms with E-state index in [0.717, 1.165) is 24.8 Å². The number of hydrogen-bond donors (Lipinski definition) is 3. The molecule has 0 saturated carbocycles. The highest BCUT2D eigenvalue weighted by atomic mass is 32.1. The zero-order valence-electron chi connectivity index (χ0n) is 15.8. The van der Waals surface area contributed by atoms with E-state index in [1.807, 2.05) is 13.8 Å². The number of nitrogen functional groups attached to an aromatic ring is 2. The van der Waals surface area contributed by atoms with Crippen LogP contribution in [-0.4, -0.2) is 17.4 Å². The Hall–Kier alpha value is -2.59. The number of nitriles is 1. The third kappa shape index (κ3) is 3.76. The van der Waals surface area contributed by atoms with Crippen LogP contribution in [0.2, 0.25) is 0 Å². The van der Waals surface area contributed by atoms with Crippen molar-refractivity contribution >= 4 is 39.0 Å². The van der Waals surface area contributed by atoms with Gasteiger partial charge in [0, 0.05) is 11.9 Å². The standard InChI is InChI=1S/C20H25N5OS/c1-11(2)14-13(10-21)18(23)25-20-15(14)16(22)17(27-20)19(26)24-9-8-12-6-4-3-5-7-12/h6,11H,3-5,7-9,22H2,1-2H3,(H2,23,25)(H,24,26). The van der Waals surface area contributed by atoms with E-state index in [2.05, 4.69) is 22.4 Å². The van der Waals surface area contributed by atoms with Crippen LogP contribution in [0.4, 0.5) is 11.5 Å². The average molecular weight is 384 g/mol. The predicted octanol–water partition coefficient (Wildman–Crippen LogP) is 4.08. The molecule has 0 fully saturated rings. The number of thiophene rings is 1. The third-order valence-electron chi connectivity index (χ3n) is 4.96. The minimum Gasteiger partial charge on any atom is -0.397 e. The molecule has 0 spiro atoms. The monoisotopic (exact) mass is 383 g/mol. The van der Waals surface area contributed by atoms with Crippen molar-refractivity contribution in [1.82, 2.24) is 10.3 Å². The van der Waals surface area contributed by atoms with Gasteiger partial charge in [0.15, 0.2) is 0 Å². The number of fused-ring (bicyclic) bond motifs is 1. The van der Waals surface area contributed by atoms with E-state index >= 15 is 0 Å². The van der Waals surface area contributed by atoms with Crippen LogP contribution in [0.1, 0.15) is 72.7 Å². The number of hydrogen-bond acceptors (Lipinski definition) is 6. The van der Waals surface area contributed by atoms with Crippen LogP contribution in [0.5, 0.6) is 0 Å². The largest absolute Gasteiger partial charge is 0.397 e. The molecule has 5 N–H and O–H groups in total. The van der Waals surface area contributed by atoms with Gasteiger partial charge in [0.05, 0.1) is 11.3 Å². The molecule has 2 aromatic rings. The number of nitrogens with two attached hydrogens (primary N) is 2. The van der Waals surface area contributed by atoms with Crippen molar-refractivity contribution in [3.63, 3.8) is 0 Å². The molecule has 0 aliphatic heterocycles. The number of rotatable bonds is 5. The SMILES string of the molecule is CC(C)c1c(C#N)c(N)nc2sc(C(=O)NCCC3=CCCCC3)c(N)c12. The van der Waals surface area contributed by atoms with E-state index in [-0.39, 0.29) is 17.6 Å². The molecule has 0 radical (unpaired) electrons. The van der Waals surface area contributed by atoms with E-state index < -0.39 is 0 Å². The lowest BCUT2D eigenvalue weighted by Crippen LogP contribution is -2.24. The minimum atomic E-state index is -0.196. The average Bonchev–Trinajstić information content (AvgIpc) is 2.97. The van der Waals surface area contributed by atoms with Gasteiger partial charge >= 0.3 is 0 Å². The summed E-state index contributed by atoms with van der Waals surface area (Å²) < 4.78 is 0. The molecule has 2 heterocycles. The summed E-state index contributed by atoms with van der Waals surface area (Å²) in [7, 11) is 0. The van der Waals surface area contributed by atoms with E-state index in [4.69, 9.17) is 11.5 Å². The first-order valence-corrected chi connectivity index (χ1v) is 10.1. The smallest absolute Gasteiger partial charge is 0.263 e. The lowest BCUT2D eigenvalue weighted by molar-refractivity contribution is 0.0959. The Morgan fingerprint density at radius 2 is 2.19 bits per heavy atom. The van der Waals surface area contributed by atoms with E-state index in [1.165, 1.54) is 29.8 Å². The second-order valence-electron chi connectivity index (χ2n) is 7.19. The van der Waals surface area contributed by atoms with E-state index in [9.17, 15) is 10.1 Å². The fourth-order valence-electron chi connectivity index (χ4n) is 3.61. The molecule has 0 saturated heterocycles. The van der Waals surface area contributed by atoms with Crippen LogP contribution in [0.15, 0.2) is 11.6 Å². The maximum atomic E-state index is 12.7. The molecule has 0 aromatic carbocycles. The number of carbonyl (C=O) groups excluding carboxylic acids is 1. The normalized spacial score (nSPS) is 14.2. The topological polar surface area (TPSA) is 118 Å². The lowest BCUT2D eigenvalue weighted by Gasteiger charge is -2.13. The molecular formula is C20H25N5OS. The van der Waals surface area contributed by atoms with Crippen molar-refractivity contribution < 1.29 is 4.79 Å². The zero-order chi connectivity index (χ0) is 19.6. The van der Waals surface area contributed by atoms with Crippen molar-refractivity contribution in [2.75, 3.05) is 18.0 Å². The molecule has 0 atom stereocenters. The van der Waals surface area contributed by atoms with Gasteiger partial charge in [-0.25, -0.2) is 4.98 Å². The molecule has 142 valence electrons. The highest BCUT2D eigenvalue weighted by Crippen LogP contribution is 2.40. The van der Waals surface area contributed by atoms with Gasteiger partial charge in [0.1, 0.15) is 21.6 Å². The minimum absolute atomic E-state index is 0.0403. The summed E-state index contributed by atoms with van der Waals surface area (Å²) in [6, 6.07) is 2.13. The predicted molar refractivity (Wildman–Crippen MR) is 111 cm³/mol. The van der Waals surface area contributed by atoms with Crippen LogP contribution in [-0.2, 0) is 0 Å². The van der Waals surface area contributed by atoms with Gasteiger partial charge in [0.25, 0.3) is 5.91 Å². The highest BCUT2D eigenvalue weighted by molar-refractivity contribution is 7.21. The van der Waals surface area contributed by atoms with Gasteiger partial charge in [-0.15, -0.1) is 11.3 Å². The summed E-state index contributed by atoms with van der Waals surface area (Å²) in [4.78, 5) is 18.0. The number of anilines is 2. The number of aromatic nitrogens is 1. The van der Waals surface area contributed by atoms with Gasteiger partial charge in [-0.1, -0.05) is 25.5 Å². The quantitative estimate of drug-likeness (QED) is 0.672. The van der Waals surface area contributed by atoms with Gasteiger partial charge in [-0.05, 0) is 43.6 Å². The van der Waals surface area contributed by atoms with Gasteiger partial charge < -0.3 is 16.8 Å². The first kappa shape index (κ1) is 19.2. The molecule has 1 aliphatic rings. The molecular weight excluding hydrogens is 358 g/mol. The molecule has 6 nitrogen and oxygen atoms in total. The van der Waals surface area contributed by atoms with Crippen molar-refractivity contribution in [3.05, 3.63) is 27.7 Å². The molecule has 0 unspecified atom stereocenters. The molecule has 1 amide bonds. The van der Waals surface area contributed by atoms with Crippen molar-refractivity contribution in [1.29, 1.82) is 5.26 Å². The second kappa shape index (κ2) is 7.97. The fourth-order valence-corrected chi connectivity index (χ4v) is 4.65. The van der Waals surface area contributed by atoms with Gasteiger partial charge in [0.2, 0.25) is 0 Å². The molecule has 7 heteroatoms. The Kier molecular flexibility index (Phi) is 5.66. The van der Waals surface area contributed by atoms with Crippen LogP contribution < -0.4 is 16.8 Å². The number of allylic oxidation sites excluding steroid dienone is 1. The Morgan fingerprint density at radius 3 is 2.81 bits per heavy atom. The maximum Gasteiger partial charge on any atom is 0.263 e. The van der Waals surface area contributed by atoms with Crippen LogP contribution >= 0.6 is 11.3 Å². The third-order valence-corrected chi connectivity index (χ3v) is 6.05. The number of nitrogens with zero attached hydrogens (tertiary/aromatic N) is 2. The van der Waals surface area contributed by atoms with E-state index in [1.54, 1.807) is 0 Å². The maximum absolute atomic E-state index is 12.7. The molecule has 27 heavy (non-hydrogen) atoms. The first-order chi connectivity index (χ1) is 12.9. The van der Waals surface area contributed by atoms with Crippen molar-refractivity contribution in [2.24, 2.45) is 0 Å². The van der Waals surface area contributed by atoms with E-state index in [0.29, 0.717) is 32.9 Å². The van der Waals surface area contributed by atoms with Crippen LogP contribution in [0.25, 0.3) is 10.2 Å². The molecule has 2 aromatic heterocycles. The van der Waals surface area contributed by atoms with Crippen LogP contribution in [0, 0.1) is 11.3 Å². The van der Waals surface area contributed by atoms with Crippen molar-refractivity contribution in [2.45, 2.75) is 51.9 Å². The summed E-state index contributed by atoms with van der Waals surface area (Å²) in [5.41, 5.74) is 15.2. The fraction of sp³-hybridized carbons (Fsp3) is 0.450. The van der Waals surface area contributed by atoms with Gasteiger partial charge in [-0.3, -0.25) is 4.79 Å². The summed E-state index contributed by atoms with van der Waals surface area (Å²) in [5.74, 6) is 0.0309. The lowest BCUT2D eigenvalue weighted by atomic mass is 9.95.